The number of hydrogen-bond donors (Lipinski definition) is 2. The molecule has 0 amide bonds. The number of nitrogens with one attached hydrogen (secondary N) is 1. The maximum Gasteiger partial charge on any atom is 0.326 e. The third-order valence-electron chi connectivity index (χ3n) is 5.75. The number of sulfonamides is 2. The van der Waals surface area contributed by atoms with Crippen LogP contribution in [0, 0.1) is 0 Å². The first-order valence-electron chi connectivity index (χ1n) is 11.2. The van der Waals surface area contributed by atoms with Crippen molar-refractivity contribution in [1.82, 2.24) is 0 Å². The molecule has 0 saturated heterocycles. The smallest absolute Gasteiger partial charge is 0.326 e. The predicted molar refractivity (Wildman–Crippen MR) is 145 cm³/mol. The normalized spacial score (nSPS) is 11.6. The van der Waals surface area contributed by atoms with Crippen molar-refractivity contribution < 1.29 is 31.1 Å². The van der Waals surface area contributed by atoms with Gasteiger partial charge in [0, 0.05) is 16.5 Å². The highest BCUT2D eigenvalue weighted by Crippen LogP contribution is 2.36. The van der Waals surface area contributed by atoms with Crippen LogP contribution >= 0.6 is 0 Å². The highest BCUT2D eigenvalue weighted by atomic mass is 32.2. The number of rotatable bonds is 9. The van der Waals surface area contributed by atoms with Crippen molar-refractivity contribution in [3.8, 4) is 5.75 Å². The summed E-state index contributed by atoms with van der Waals surface area (Å²) < 4.78 is 66.8. The van der Waals surface area contributed by atoms with Crippen molar-refractivity contribution >= 4 is 53.9 Å². The second-order valence-corrected chi connectivity index (χ2v) is 11.7. The summed E-state index contributed by atoms with van der Waals surface area (Å²) in [4.78, 5) is 12.2. The second kappa shape index (κ2) is 10.6. The Morgan fingerprint density at radius 1 is 0.816 bits per heavy atom. The highest BCUT2D eigenvalue weighted by molar-refractivity contribution is 7.93. The van der Waals surface area contributed by atoms with Crippen molar-refractivity contribution in [3.05, 3.63) is 84.9 Å². The van der Waals surface area contributed by atoms with Gasteiger partial charge in [-0.15, -0.1) is 0 Å². The summed E-state index contributed by atoms with van der Waals surface area (Å²) in [7, 11) is -5.60. The molecule has 0 spiro atoms. The van der Waals surface area contributed by atoms with Crippen molar-refractivity contribution in [2.45, 2.75) is 9.79 Å². The Morgan fingerprint density at radius 2 is 1.42 bits per heavy atom. The zero-order valence-electron chi connectivity index (χ0n) is 20.5. The molecule has 0 aliphatic rings. The number of benzene rings is 4. The quantitative estimate of drug-likeness (QED) is 0.235. The largest absolute Gasteiger partial charge is 0.497 e. The van der Waals surface area contributed by atoms with E-state index < -0.39 is 32.6 Å². The van der Waals surface area contributed by atoms with E-state index in [0.29, 0.717) is 22.2 Å². The van der Waals surface area contributed by atoms with E-state index in [1.165, 1.54) is 67.8 Å². The minimum absolute atomic E-state index is 0.00857. The molecule has 4 aromatic carbocycles. The first-order valence-corrected chi connectivity index (χ1v) is 14.1. The van der Waals surface area contributed by atoms with Gasteiger partial charge in [-0.25, -0.2) is 16.8 Å². The summed E-state index contributed by atoms with van der Waals surface area (Å²) in [5.74, 6) is -0.314. The number of nitrogens with two attached hydrogens (primary N) is 1. The number of anilines is 3. The minimum atomic E-state index is -4.24. The zero-order chi connectivity index (χ0) is 27.5. The lowest BCUT2D eigenvalue weighted by molar-refractivity contribution is -0.138. The predicted octanol–water partition coefficient (Wildman–Crippen LogP) is 3.60. The Labute approximate surface area is 220 Å². The molecular formula is C26H25N3O7S2. The van der Waals surface area contributed by atoms with Gasteiger partial charge in [0.25, 0.3) is 20.0 Å². The molecule has 0 saturated carbocycles. The first-order chi connectivity index (χ1) is 18.1. The van der Waals surface area contributed by atoms with Gasteiger partial charge in [0.05, 0.1) is 35.4 Å². The van der Waals surface area contributed by atoms with E-state index in [0.717, 1.165) is 11.4 Å². The van der Waals surface area contributed by atoms with Crippen molar-refractivity contribution in [2.24, 2.45) is 0 Å². The summed E-state index contributed by atoms with van der Waals surface area (Å²) in [5.41, 5.74) is 6.48. The van der Waals surface area contributed by atoms with Gasteiger partial charge in [0.1, 0.15) is 12.3 Å². The minimum Gasteiger partial charge on any atom is -0.497 e. The van der Waals surface area contributed by atoms with E-state index in [2.05, 4.69) is 4.72 Å². The number of fused-ring (bicyclic) bond motifs is 1. The van der Waals surface area contributed by atoms with Crippen LogP contribution in [0.25, 0.3) is 10.8 Å². The van der Waals surface area contributed by atoms with Gasteiger partial charge in [-0.1, -0.05) is 24.3 Å². The second-order valence-electron chi connectivity index (χ2n) is 8.12. The van der Waals surface area contributed by atoms with E-state index in [1.807, 2.05) is 0 Å². The molecule has 0 aliphatic heterocycles. The molecule has 12 heteroatoms. The van der Waals surface area contributed by atoms with Gasteiger partial charge < -0.3 is 15.2 Å². The summed E-state index contributed by atoms with van der Waals surface area (Å²) in [6.07, 6.45) is 0. The molecule has 198 valence electrons. The summed E-state index contributed by atoms with van der Waals surface area (Å²) in [6.45, 7) is -0.606. The first kappa shape index (κ1) is 26.8. The average molecular weight is 556 g/mol. The van der Waals surface area contributed by atoms with E-state index in [4.69, 9.17) is 15.2 Å². The topological polar surface area (TPSA) is 145 Å². The number of nitrogen functional groups attached to an aromatic ring is 1. The number of nitrogens with zero attached hydrogens (tertiary/aromatic N) is 1. The lowest BCUT2D eigenvalue weighted by atomic mass is 10.1. The lowest BCUT2D eigenvalue weighted by Crippen LogP contribution is -2.36. The molecule has 4 aromatic rings. The van der Waals surface area contributed by atoms with Crippen LogP contribution in [0.2, 0.25) is 0 Å². The number of esters is 1. The molecule has 38 heavy (non-hydrogen) atoms. The molecular weight excluding hydrogens is 530 g/mol. The van der Waals surface area contributed by atoms with E-state index in [1.54, 1.807) is 24.3 Å². The molecule has 0 atom stereocenters. The van der Waals surface area contributed by atoms with Crippen LogP contribution in [0.3, 0.4) is 0 Å². The number of carbonyl (C=O) groups excluding carboxylic acids is 1. The van der Waals surface area contributed by atoms with Gasteiger partial charge >= 0.3 is 5.97 Å². The number of hydrogen-bond acceptors (Lipinski definition) is 8. The maximum atomic E-state index is 13.7. The summed E-state index contributed by atoms with van der Waals surface area (Å²) in [6, 6.07) is 21.0. The monoisotopic (exact) mass is 555 g/mol. The van der Waals surface area contributed by atoms with Gasteiger partial charge in [-0.2, -0.15) is 0 Å². The van der Waals surface area contributed by atoms with Crippen LogP contribution < -0.4 is 19.5 Å². The molecule has 0 unspecified atom stereocenters. The standard InChI is InChI=1S/C26H25N3O7S2/c1-35-19-9-13-21(14-10-19)38(33,34)29(17-26(30)36-2)25-16-15-24(22-5-3-4-6-23(22)25)28-37(31,32)20-11-7-18(27)8-12-20/h3-16,28H,17,27H2,1-2H3. The molecule has 0 aromatic heterocycles. The van der Waals surface area contributed by atoms with Gasteiger partial charge in [-0.3, -0.25) is 13.8 Å². The highest BCUT2D eigenvalue weighted by Gasteiger charge is 2.29. The molecule has 0 aliphatic carbocycles. The molecule has 10 nitrogen and oxygen atoms in total. The van der Waals surface area contributed by atoms with Crippen LogP contribution in [0.4, 0.5) is 17.1 Å². The molecule has 0 heterocycles. The van der Waals surface area contributed by atoms with Crippen LogP contribution in [0.15, 0.2) is 94.7 Å². The van der Waals surface area contributed by atoms with Crippen molar-refractivity contribution in [2.75, 3.05) is 35.5 Å². The molecule has 0 radical (unpaired) electrons. The Hall–Kier alpha value is -4.29. The van der Waals surface area contributed by atoms with Crippen molar-refractivity contribution in [1.29, 1.82) is 0 Å². The Bertz CT molecular complexity index is 1690. The van der Waals surface area contributed by atoms with Crippen LogP contribution in [0.1, 0.15) is 0 Å². The fraction of sp³-hybridized carbons (Fsp3) is 0.115. The Morgan fingerprint density at radius 3 is 2.03 bits per heavy atom. The molecule has 0 fully saturated rings. The molecule has 0 bridgehead atoms. The van der Waals surface area contributed by atoms with Crippen LogP contribution in [-0.4, -0.2) is 43.6 Å². The molecule has 3 N–H and O–H groups in total. The Balaban J connectivity index is 1.83. The van der Waals surface area contributed by atoms with Gasteiger partial charge in [-0.05, 0) is 60.7 Å². The van der Waals surface area contributed by atoms with Gasteiger partial charge in [0.15, 0.2) is 0 Å². The SMILES string of the molecule is COC(=O)CN(c1ccc(NS(=O)(=O)c2ccc(N)cc2)c2ccccc12)S(=O)(=O)c1ccc(OC)cc1. The van der Waals surface area contributed by atoms with E-state index >= 15 is 0 Å². The fourth-order valence-corrected chi connectivity index (χ4v) is 6.30. The van der Waals surface area contributed by atoms with E-state index in [-0.39, 0.29) is 21.2 Å². The average Bonchev–Trinajstić information content (AvgIpc) is 2.92. The van der Waals surface area contributed by atoms with Crippen LogP contribution in [0.5, 0.6) is 5.75 Å². The summed E-state index contributed by atoms with van der Waals surface area (Å²) >= 11 is 0. The number of methoxy groups -OCH3 is 2. The van der Waals surface area contributed by atoms with Gasteiger partial charge in [0.2, 0.25) is 0 Å². The van der Waals surface area contributed by atoms with Crippen molar-refractivity contribution in [3.63, 3.8) is 0 Å². The van der Waals surface area contributed by atoms with Crippen LogP contribution in [-0.2, 0) is 29.6 Å². The lowest BCUT2D eigenvalue weighted by Gasteiger charge is -2.25. The number of carbonyl (C=O) groups is 1. The number of ether oxygens (including phenoxy) is 2. The third-order valence-corrected chi connectivity index (χ3v) is 8.91. The summed E-state index contributed by atoms with van der Waals surface area (Å²) in [5, 5.41) is 0.815. The maximum absolute atomic E-state index is 13.7. The van der Waals surface area contributed by atoms with E-state index in [9.17, 15) is 21.6 Å². The Kier molecular flexibility index (Phi) is 7.46. The zero-order valence-corrected chi connectivity index (χ0v) is 22.1. The molecule has 4 rings (SSSR count). The third kappa shape index (κ3) is 5.36. The fourth-order valence-electron chi connectivity index (χ4n) is 3.80.